The number of alkyl halides is 2. The maximum atomic E-state index is 13.1. The normalized spacial score (nSPS) is 22.8. The van der Waals surface area contributed by atoms with E-state index in [9.17, 15) is 13.9 Å². The zero-order chi connectivity index (χ0) is 25.2. The van der Waals surface area contributed by atoms with Gasteiger partial charge in [-0.25, -0.2) is 13.8 Å². The molecule has 1 aliphatic carbocycles. The molecule has 5 rings (SSSR count). The topological polar surface area (TPSA) is 69.5 Å². The van der Waals surface area contributed by atoms with E-state index in [0.29, 0.717) is 0 Å². The van der Waals surface area contributed by atoms with Crippen molar-refractivity contribution in [2.45, 2.75) is 63.8 Å². The maximum absolute atomic E-state index is 13.1. The minimum absolute atomic E-state index is 0.205. The molecular weight excluding hydrogens is 462 g/mol. The highest BCUT2D eigenvalue weighted by Gasteiger charge is 2.25. The third-order valence-corrected chi connectivity index (χ3v) is 7.63. The lowest BCUT2D eigenvalue weighted by Crippen LogP contribution is -2.43. The molecule has 2 N–H and O–H groups in total. The number of aliphatic hydroxyl groups excluding tert-OH is 1. The predicted molar refractivity (Wildman–Crippen MR) is 138 cm³/mol. The molecule has 36 heavy (non-hydrogen) atoms. The Morgan fingerprint density at radius 1 is 1.06 bits per heavy atom. The lowest BCUT2D eigenvalue weighted by molar-refractivity contribution is 0.111. The molecule has 0 spiro atoms. The summed E-state index contributed by atoms with van der Waals surface area (Å²) in [7, 11) is 2.17. The average molecular weight is 499 g/mol. The number of fused-ring (bicyclic) bond motifs is 1. The van der Waals surface area contributed by atoms with E-state index in [1.165, 1.54) is 12.5 Å². The molecule has 0 amide bonds. The van der Waals surface area contributed by atoms with Crippen LogP contribution in [-0.4, -0.2) is 81.2 Å². The highest BCUT2D eigenvalue weighted by atomic mass is 19.3. The van der Waals surface area contributed by atoms with Crippen molar-refractivity contribution in [3.8, 4) is 11.1 Å². The van der Waals surface area contributed by atoms with E-state index < -0.39 is 12.5 Å². The van der Waals surface area contributed by atoms with Gasteiger partial charge in [0.25, 0.3) is 6.43 Å². The lowest BCUT2D eigenvalue weighted by Gasteiger charge is -2.32. The predicted octanol–water partition coefficient (Wildman–Crippen LogP) is 4.39. The molecule has 2 aromatic heterocycles. The molecule has 9 heteroatoms. The third-order valence-electron chi connectivity index (χ3n) is 7.63. The standard InChI is InChI=1S/C27H36F2N6O/c1-18(25(28)29)31-27-30-15-23-24(17-35(26(23)32-27)21-7-9-22(36)10-8-21)20-5-3-19(4-6-20)16-34-13-11-33(2)12-14-34/h3-6,15,17-18,21-22,25,36H,7-14,16H2,1-2H3,(H,30,31,32)/t18-,21?,22?/m1/s1. The number of aliphatic hydroxyl groups is 1. The second kappa shape index (κ2) is 10.8. The summed E-state index contributed by atoms with van der Waals surface area (Å²) in [6.07, 6.45) is 4.31. The first-order valence-electron chi connectivity index (χ1n) is 13.0. The number of benzene rings is 1. The monoisotopic (exact) mass is 498 g/mol. The van der Waals surface area contributed by atoms with Gasteiger partial charge in [-0.15, -0.1) is 0 Å². The number of hydrogen-bond acceptors (Lipinski definition) is 6. The van der Waals surface area contributed by atoms with E-state index >= 15 is 0 Å². The molecule has 1 saturated heterocycles. The van der Waals surface area contributed by atoms with Crippen molar-refractivity contribution in [3.63, 3.8) is 0 Å². The van der Waals surface area contributed by atoms with Crippen LogP contribution < -0.4 is 5.32 Å². The quantitative estimate of drug-likeness (QED) is 0.504. The van der Waals surface area contributed by atoms with Gasteiger partial charge in [0.1, 0.15) is 5.65 Å². The van der Waals surface area contributed by atoms with Crippen molar-refractivity contribution in [2.75, 3.05) is 38.5 Å². The van der Waals surface area contributed by atoms with Gasteiger partial charge in [-0.1, -0.05) is 24.3 Å². The molecule has 3 aromatic rings. The number of nitrogens with one attached hydrogen (secondary N) is 1. The Balaban J connectivity index is 1.44. The maximum Gasteiger partial charge on any atom is 0.258 e. The van der Waals surface area contributed by atoms with Crippen LogP contribution in [0.2, 0.25) is 0 Å². The van der Waals surface area contributed by atoms with Crippen LogP contribution in [-0.2, 0) is 6.54 Å². The first-order chi connectivity index (χ1) is 17.4. The molecule has 1 aromatic carbocycles. The number of likely N-dealkylation sites (N-methyl/N-ethyl adjacent to an activating group) is 1. The minimum Gasteiger partial charge on any atom is -0.393 e. The lowest BCUT2D eigenvalue weighted by atomic mass is 9.93. The molecule has 2 fully saturated rings. The Morgan fingerprint density at radius 3 is 2.42 bits per heavy atom. The zero-order valence-electron chi connectivity index (χ0n) is 21.1. The summed E-state index contributed by atoms with van der Waals surface area (Å²) < 4.78 is 28.4. The van der Waals surface area contributed by atoms with Gasteiger partial charge < -0.3 is 19.9 Å². The molecular formula is C27H36F2N6O. The molecule has 1 saturated carbocycles. The fourth-order valence-corrected chi connectivity index (χ4v) is 5.26. The van der Waals surface area contributed by atoms with E-state index in [0.717, 1.165) is 80.6 Å². The highest BCUT2D eigenvalue weighted by molar-refractivity contribution is 5.94. The summed E-state index contributed by atoms with van der Waals surface area (Å²) in [5.74, 6) is 0.208. The number of halogens is 2. The number of nitrogens with zero attached hydrogens (tertiary/aromatic N) is 5. The molecule has 0 bridgehead atoms. The van der Waals surface area contributed by atoms with Gasteiger partial charge >= 0.3 is 0 Å². The van der Waals surface area contributed by atoms with Crippen LogP contribution >= 0.6 is 0 Å². The van der Waals surface area contributed by atoms with Crippen LogP contribution in [0, 0.1) is 0 Å². The minimum atomic E-state index is -2.50. The molecule has 0 unspecified atom stereocenters. The van der Waals surface area contributed by atoms with Crippen LogP contribution in [0.15, 0.2) is 36.7 Å². The summed E-state index contributed by atoms with van der Waals surface area (Å²) in [6, 6.07) is 7.85. The Labute approximate surface area is 211 Å². The molecule has 0 radical (unpaired) electrons. The fourth-order valence-electron chi connectivity index (χ4n) is 5.26. The number of aromatic nitrogens is 3. The van der Waals surface area contributed by atoms with E-state index in [4.69, 9.17) is 0 Å². The van der Waals surface area contributed by atoms with Crippen molar-refractivity contribution in [1.29, 1.82) is 0 Å². The summed E-state index contributed by atoms with van der Waals surface area (Å²) in [6.45, 7) is 6.74. The van der Waals surface area contributed by atoms with E-state index in [2.05, 4.69) is 67.2 Å². The Kier molecular flexibility index (Phi) is 7.50. The van der Waals surface area contributed by atoms with Crippen LogP contribution in [0.4, 0.5) is 14.7 Å². The number of hydrogen-bond donors (Lipinski definition) is 2. The zero-order valence-corrected chi connectivity index (χ0v) is 21.1. The third kappa shape index (κ3) is 5.53. The van der Waals surface area contributed by atoms with Crippen molar-refractivity contribution >= 4 is 17.0 Å². The second-order valence-corrected chi connectivity index (χ2v) is 10.4. The molecule has 1 aliphatic heterocycles. The van der Waals surface area contributed by atoms with Gasteiger partial charge in [-0.2, -0.15) is 4.98 Å². The van der Waals surface area contributed by atoms with Crippen LogP contribution in [0.25, 0.3) is 22.2 Å². The Hall–Kier alpha value is -2.62. The summed E-state index contributed by atoms with van der Waals surface area (Å²) in [4.78, 5) is 13.9. The van der Waals surface area contributed by atoms with Crippen molar-refractivity contribution < 1.29 is 13.9 Å². The smallest absolute Gasteiger partial charge is 0.258 e. The fraction of sp³-hybridized carbons (Fsp3) is 0.556. The molecule has 2 aliphatic rings. The van der Waals surface area contributed by atoms with Crippen LogP contribution in [0.1, 0.15) is 44.2 Å². The first kappa shape index (κ1) is 25.0. The average Bonchev–Trinajstić information content (AvgIpc) is 3.25. The number of rotatable bonds is 7. The van der Waals surface area contributed by atoms with Gasteiger partial charge in [0.2, 0.25) is 5.95 Å². The largest absolute Gasteiger partial charge is 0.393 e. The summed E-state index contributed by atoms with van der Waals surface area (Å²) >= 11 is 0. The molecule has 1 atom stereocenters. The molecule has 194 valence electrons. The van der Waals surface area contributed by atoms with Gasteiger partial charge in [0.15, 0.2) is 0 Å². The molecule has 3 heterocycles. The Morgan fingerprint density at radius 2 is 1.75 bits per heavy atom. The molecule has 7 nitrogen and oxygen atoms in total. The highest BCUT2D eigenvalue weighted by Crippen LogP contribution is 2.37. The van der Waals surface area contributed by atoms with Gasteiger partial charge in [-0.05, 0) is 50.8 Å². The van der Waals surface area contributed by atoms with Crippen molar-refractivity contribution in [2.24, 2.45) is 0 Å². The Bertz CT molecular complexity index is 1150. The van der Waals surface area contributed by atoms with E-state index in [1.54, 1.807) is 6.20 Å². The van der Waals surface area contributed by atoms with Gasteiger partial charge in [-0.3, -0.25) is 4.90 Å². The van der Waals surface area contributed by atoms with E-state index in [1.807, 2.05) is 0 Å². The second-order valence-electron chi connectivity index (χ2n) is 10.4. The van der Waals surface area contributed by atoms with Gasteiger partial charge in [0, 0.05) is 62.1 Å². The van der Waals surface area contributed by atoms with E-state index in [-0.39, 0.29) is 18.1 Å². The van der Waals surface area contributed by atoms with Crippen LogP contribution in [0.5, 0.6) is 0 Å². The first-order valence-corrected chi connectivity index (χ1v) is 13.0. The summed E-state index contributed by atoms with van der Waals surface area (Å²) in [5, 5.41) is 13.6. The van der Waals surface area contributed by atoms with Crippen molar-refractivity contribution in [1.82, 2.24) is 24.3 Å². The van der Waals surface area contributed by atoms with Gasteiger partial charge in [0.05, 0.1) is 12.1 Å². The van der Waals surface area contributed by atoms with Crippen molar-refractivity contribution in [3.05, 3.63) is 42.2 Å². The SMILES string of the molecule is C[C@@H](Nc1ncc2c(-c3ccc(CN4CCN(C)CC4)cc3)cn(C3CCC(O)CC3)c2n1)C(F)F. The summed E-state index contributed by atoms with van der Waals surface area (Å²) in [5.41, 5.74) is 4.15. The van der Waals surface area contributed by atoms with Crippen LogP contribution in [0.3, 0.4) is 0 Å². The number of anilines is 1. The number of piperazine rings is 1.